The monoisotopic (exact) mass is 318 g/mol. The fraction of sp³-hybridized carbons (Fsp3) is 0.333. The molecule has 1 heterocycles. The van der Waals surface area contributed by atoms with E-state index in [0.717, 1.165) is 12.1 Å². The van der Waals surface area contributed by atoms with E-state index in [-0.39, 0.29) is 17.6 Å². The summed E-state index contributed by atoms with van der Waals surface area (Å²) in [6.45, 7) is -1.32. The SMILES string of the molecule is [2H]C([2H])([18F])Oc1ccccc1O[C@@H](c1ccccc1)[C@@H]1CNCCO1. The maximum atomic E-state index is 13.3. The van der Waals surface area contributed by atoms with Crippen molar-refractivity contribution in [2.45, 2.75) is 12.2 Å². The van der Waals surface area contributed by atoms with E-state index in [1.54, 1.807) is 18.2 Å². The van der Waals surface area contributed by atoms with Crippen LogP contribution < -0.4 is 14.8 Å². The summed E-state index contributed by atoms with van der Waals surface area (Å²) < 4.78 is 43.9. The van der Waals surface area contributed by atoms with Crippen molar-refractivity contribution in [2.24, 2.45) is 0 Å². The Morgan fingerprint density at radius 1 is 1.17 bits per heavy atom. The van der Waals surface area contributed by atoms with E-state index in [1.165, 1.54) is 6.07 Å². The second-order valence-corrected chi connectivity index (χ2v) is 5.19. The lowest BCUT2D eigenvalue weighted by molar-refractivity contribution is -0.0441. The molecule has 1 aliphatic rings. The van der Waals surface area contributed by atoms with Crippen LogP contribution in [0.1, 0.15) is 14.4 Å². The summed E-state index contributed by atoms with van der Waals surface area (Å²) in [5.74, 6) is 0.256. The number of hydrogen-bond acceptors (Lipinski definition) is 4. The summed E-state index contributed by atoms with van der Waals surface area (Å²) in [7, 11) is 0. The molecule has 0 aliphatic carbocycles. The van der Waals surface area contributed by atoms with Crippen LogP contribution in [0.5, 0.6) is 11.5 Å². The van der Waals surface area contributed by atoms with Gasteiger partial charge in [-0.1, -0.05) is 42.5 Å². The molecule has 0 aromatic heterocycles. The summed E-state index contributed by atoms with van der Waals surface area (Å²) >= 11 is 0. The minimum atomic E-state index is -3.29. The third-order valence-electron chi connectivity index (χ3n) is 3.67. The normalized spacial score (nSPS) is 21.0. The van der Waals surface area contributed by atoms with Gasteiger partial charge in [-0.3, -0.25) is 0 Å². The molecule has 5 heteroatoms. The van der Waals surface area contributed by atoms with Gasteiger partial charge in [0, 0.05) is 13.1 Å². The molecule has 2 atom stereocenters. The standard InChI is InChI=1S/C18H20FNO3/c19-13-22-15-8-4-5-9-16(15)23-18(14-6-2-1-3-7-14)17-12-20-10-11-21-17/h1-9,17-18,20H,10-13H2/t17-,18-/m0/s1/i13D2,19-1. The van der Waals surface area contributed by atoms with Crippen molar-refractivity contribution in [3.63, 3.8) is 0 Å². The molecule has 0 radical (unpaired) electrons. The molecule has 3 rings (SSSR count). The van der Waals surface area contributed by atoms with Gasteiger partial charge >= 0.3 is 0 Å². The molecular weight excluding hydrogens is 296 g/mol. The molecule has 122 valence electrons. The second-order valence-electron chi connectivity index (χ2n) is 5.19. The fourth-order valence-electron chi connectivity index (χ4n) is 2.59. The maximum Gasteiger partial charge on any atom is 0.228 e. The van der Waals surface area contributed by atoms with Gasteiger partial charge in [0.25, 0.3) is 0 Å². The van der Waals surface area contributed by atoms with Crippen molar-refractivity contribution in [1.29, 1.82) is 0 Å². The number of para-hydroxylation sites is 2. The highest BCUT2D eigenvalue weighted by Gasteiger charge is 2.28. The molecule has 4 nitrogen and oxygen atoms in total. The molecule has 0 spiro atoms. The molecule has 0 bridgehead atoms. The lowest BCUT2D eigenvalue weighted by atomic mass is 10.0. The summed E-state index contributed by atoms with van der Waals surface area (Å²) in [5, 5.41) is 3.27. The third-order valence-corrected chi connectivity index (χ3v) is 3.67. The fourth-order valence-corrected chi connectivity index (χ4v) is 2.59. The van der Waals surface area contributed by atoms with Crippen LogP contribution in [0.4, 0.5) is 4.39 Å². The molecule has 23 heavy (non-hydrogen) atoms. The van der Waals surface area contributed by atoms with Gasteiger partial charge in [-0.2, -0.15) is 0 Å². The van der Waals surface area contributed by atoms with Gasteiger partial charge in [0.05, 0.1) is 6.61 Å². The van der Waals surface area contributed by atoms with E-state index < -0.39 is 12.9 Å². The Labute approximate surface area is 138 Å². The smallest absolute Gasteiger partial charge is 0.228 e. The van der Waals surface area contributed by atoms with Gasteiger partial charge < -0.3 is 19.5 Å². The predicted octanol–water partition coefficient (Wildman–Crippen LogP) is 3.10. The highest BCUT2D eigenvalue weighted by molar-refractivity contribution is 5.40. The van der Waals surface area contributed by atoms with Gasteiger partial charge in [0.1, 0.15) is 8.85 Å². The van der Waals surface area contributed by atoms with Crippen LogP contribution in [-0.4, -0.2) is 32.6 Å². The average Bonchev–Trinajstić information content (AvgIpc) is 2.61. The molecule has 1 fully saturated rings. The van der Waals surface area contributed by atoms with E-state index in [2.05, 4.69) is 5.32 Å². The van der Waals surface area contributed by atoms with Crippen LogP contribution in [0.15, 0.2) is 54.6 Å². The van der Waals surface area contributed by atoms with E-state index in [1.807, 2.05) is 30.3 Å². The van der Waals surface area contributed by atoms with E-state index in [9.17, 15) is 4.39 Å². The highest BCUT2D eigenvalue weighted by atomic mass is 18.2. The number of morpholine rings is 1. The Hall–Kier alpha value is -2.11. The largest absolute Gasteiger partial charge is 0.479 e. The Morgan fingerprint density at radius 3 is 2.61 bits per heavy atom. The van der Waals surface area contributed by atoms with Crippen molar-refractivity contribution >= 4 is 0 Å². The molecule has 1 N–H and O–H groups in total. The van der Waals surface area contributed by atoms with E-state index in [4.69, 9.17) is 17.0 Å². The lowest BCUT2D eigenvalue weighted by Crippen LogP contribution is -2.43. The first-order valence-corrected chi connectivity index (χ1v) is 7.54. The summed E-state index contributed by atoms with van der Waals surface area (Å²) in [4.78, 5) is 0. The van der Waals surface area contributed by atoms with Crippen LogP contribution in [0, 0.1) is 0 Å². The predicted molar refractivity (Wildman–Crippen MR) is 85.5 cm³/mol. The number of hydrogen-bond donors (Lipinski definition) is 1. The zero-order valence-electron chi connectivity index (χ0n) is 14.6. The Balaban J connectivity index is 1.88. The Morgan fingerprint density at radius 2 is 1.91 bits per heavy atom. The Kier molecular flexibility index (Phi) is 4.61. The second kappa shape index (κ2) is 7.94. The van der Waals surface area contributed by atoms with Crippen molar-refractivity contribution in [2.75, 3.05) is 26.5 Å². The summed E-state index contributed by atoms with van der Waals surface area (Å²) in [5.41, 5.74) is 0.911. The molecule has 0 saturated carbocycles. The number of rotatable bonds is 6. The first-order chi connectivity index (χ1) is 12.0. The lowest BCUT2D eigenvalue weighted by Gasteiger charge is -2.32. The van der Waals surface area contributed by atoms with E-state index in [0.29, 0.717) is 13.2 Å². The minimum absolute atomic E-state index is 0.000278. The summed E-state index contributed by atoms with van der Waals surface area (Å²) in [6.07, 6.45) is -0.671. The number of halogens is 1. The number of alkyl halides is 1. The first kappa shape index (κ1) is 13.3. The average molecular weight is 318 g/mol. The number of benzene rings is 2. The Bertz CT molecular complexity index is 676. The van der Waals surface area contributed by atoms with Gasteiger partial charge in [0.15, 0.2) is 17.6 Å². The molecular formula is C18H20FNO3. The molecule has 1 aliphatic heterocycles. The zero-order valence-corrected chi connectivity index (χ0v) is 12.6. The quantitative estimate of drug-likeness (QED) is 0.888. The topological polar surface area (TPSA) is 39.7 Å². The van der Waals surface area contributed by atoms with E-state index >= 15 is 0 Å². The molecule has 0 unspecified atom stereocenters. The van der Waals surface area contributed by atoms with Crippen LogP contribution >= 0.6 is 0 Å². The zero-order chi connectivity index (χ0) is 17.7. The van der Waals surface area contributed by atoms with Crippen LogP contribution in [0.2, 0.25) is 0 Å². The van der Waals surface area contributed by atoms with Gasteiger partial charge in [-0.05, 0) is 17.7 Å². The van der Waals surface area contributed by atoms with Gasteiger partial charge in [0.2, 0.25) is 6.81 Å². The minimum Gasteiger partial charge on any atom is -0.479 e. The molecule has 1 saturated heterocycles. The van der Waals surface area contributed by atoms with Crippen molar-refractivity contribution < 1.29 is 21.3 Å². The van der Waals surface area contributed by atoms with Gasteiger partial charge in [-0.15, -0.1) is 0 Å². The number of nitrogens with one attached hydrogen (secondary N) is 1. The van der Waals surface area contributed by atoms with Crippen molar-refractivity contribution in [1.82, 2.24) is 5.32 Å². The molecule has 2 aromatic carbocycles. The van der Waals surface area contributed by atoms with Crippen LogP contribution in [0.25, 0.3) is 0 Å². The van der Waals surface area contributed by atoms with Gasteiger partial charge in [-0.25, -0.2) is 4.39 Å². The molecule has 0 amide bonds. The number of ether oxygens (including phenoxy) is 3. The first-order valence-electron chi connectivity index (χ1n) is 8.54. The van der Waals surface area contributed by atoms with Crippen LogP contribution in [-0.2, 0) is 4.74 Å². The van der Waals surface area contributed by atoms with Crippen LogP contribution in [0.3, 0.4) is 0 Å². The summed E-state index contributed by atoms with van der Waals surface area (Å²) in [6, 6.07) is 16.0. The maximum absolute atomic E-state index is 13.3. The van der Waals surface area contributed by atoms with Crippen molar-refractivity contribution in [3.05, 3.63) is 60.2 Å². The van der Waals surface area contributed by atoms with Crippen molar-refractivity contribution in [3.8, 4) is 11.5 Å². The molecule has 2 aromatic rings. The highest BCUT2D eigenvalue weighted by Crippen LogP contribution is 2.33. The third kappa shape index (κ3) is 4.00.